The van der Waals surface area contributed by atoms with Crippen LogP contribution < -0.4 is 9.47 Å². The fraction of sp³-hybridized carbons (Fsp3) is 0.400. The maximum Gasteiger partial charge on any atom is 0.162 e. The van der Waals surface area contributed by atoms with Crippen molar-refractivity contribution in [3.8, 4) is 11.5 Å². The Morgan fingerprint density at radius 3 is 2.81 bits per heavy atom. The summed E-state index contributed by atoms with van der Waals surface area (Å²) in [4.78, 5) is 1.04. The topological polar surface area (TPSA) is 56.5 Å². The standard InChI is InChI=1S/C15H18N2O3S/c1-10-12(9-18)15(17(2)16-10)21-11-4-5-13-14(8-11)20-7-3-6-19-13/h4-5,8,18H,3,6-7,9H2,1-2H3. The highest BCUT2D eigenvalue weighted by molar-refractivity contribution is 7.99. The van der Waals surface area contributed by atoms with Crippen LogP contribution in [0.3, 0.4) is 0 Å². The molecule has 0 fully saturated rings. The quantitative estimate of drug-likeness (QED) is 0.944. The number of aliphatic hydroxyl groups excluding tert-OH is 1. The molecule has 21 heavy (non-hydrogen) atoms. The lowest BCUT2D eigenvalue weighted by Crippen LogP contribution is -1.97. The van der Waals surface area contributed by atoms with E-state index in [1.54, 1.807) is 16.4 Å². The van der Waals surface area contributed by atoms with Gasteiger partial charge < -0.3 is 14.6 Å². The highest BCUT2D eigenvalue weighted by Crippen LogP contribution is 2.38. The molecular formula is C15H18N2O3S. The van der Waals surface area contributed by atoms with Crippen molar-refractivity contribution in [1.82, 2.24) is 9.78 Å². The van der Waals surface area contributed by atoms with Crippen LogP contribution >= 0.6 is 11.8 Å². The summed E-state index contributed by atoms with van der Waals surface area (Å²) in [5.41, 5.74) is 1.73. The first-order chi connectivity index (χ1) is 10.2. The molecule has 1 N–H and O–H groups in total. The third-order valence-electron chi connectivity index (χ3n) is 3.38. The van der Waals surface area contributed by atoms with Crippen LogP contribution in [0.4, 0.5) is 0 Å². The SMILES string of the molecule is Cc1nn(C)c(Sc2ccc3c(c2)OCCCO3)c1CO. The first-order valence-electron chi connectivity index (χ1n) is 6.90. The Labute approximate surface area is 127 Å². The fourth-order valence-corrected chi connectivity index (χ4v) is 3.34. The van der Waals surface area contributed by atoms with Crippen LogP contribution in [0.15, 0.2) is 28.1 Å². The summed E-state index contributed by atoms with van der Waals surface area (Å²) in [5.74, 6) is 1.57. The second-order valence-electron chi connectivity index (χ2n) is 4.91. The zero-order valence-electron chi connectivity index (χ0n) is 12.1. The van der Waals surface area contributed by atoms with Gasteiger partial charge in [0.2, 0.25) is 0 Å². The number of aromatic nitrogens is 2. The maximum atomic E-state index is 9.51. The largest absolute Gasteiger partial charge is 0.490 e. The summed E-state index contributed by atoms with van der Waals surface area (Å²) in [6.07, 6.45) is 0.896. The molecule has 0 spiro atoms. The predicted molar refractivity (Wildman–Crippen MR) is 80.0 cm³/mol. The van der Waals surface area contributed by atoms with E-state index in [1.807, 2.05) is 32.2 Å². The van der Waals surface area contributed by atoms with Gasteiger partial charge in [-0.3, -0.25) is 4.68 Å². The van der Waals surface area contributed by atoms with Crippen molar-refractivity contribution in [2.75, 3.05) is 13.2 Å². The second-order valence-corrected chi connectivity index (χ2v) is 5.97. The van der Waals surface area contributed by atoms with Crippen molar-refractivity contribution in [1.29, 1.82) is 0 Å². The molecule has 0 amide bonds. The van der Waals surface area contributed by atoms with Crippen LogP contribution in [0.2, 0.25) is 0 Å². The lowest BCUT2D eigenvalue weighted by molar-refractivity contribution is 0.277. The average Bonchev–Trinajstić information content (AvgIpc) is 2.66. The third-order valence-corrected chi connectivity index (χ3v) is 4.57. The molecule has 3 rings (SSSR count). The summed E-state index contributed by atoms with van der Waals surface area (Å²) in [7, 11) is 1.89. The number of aliphatic hydroxyl groups is 1. The van der Waals surface area contributed by atoms with Gasteiger partial charge >= 0.3 is 0 Å². The van der Waals surface area contributed by atoms with Gasteiger partial charge in [0.25, 0.3) is 0 Å². The van der Waals surface area contributed by atoms with E-state index in [-0.39, 0.29) is 6.61 Å². The van der Waals surface area contributed by atoms with Crippen LogP contribution in [-0.2, 0) is 13.7 Å². The van der Waals surface area contributed by atoms with Crippen molar-refractivity contribution in [2.24, 2.45) is 7.05 Å². The summed E-state index contributed by atoms with van der Waals surface area (Å²) < 4.78 is 13.1. The zero-order chi connectivity index (χ0) is 14.8. The van der Waals surface area contributed by atoms with Crippen molar-refractivity contribution < 1.29 is 14.6 Å². The Kier molecular flexibility index (Phi) is 4.07. The smallest absolute Gasteiger partial charge is 0.162 e. The van der Waals surface area contributed by atoms with Gasteiger partial charge in [-0.2, -0.15) is 5.10 Å². The lowest BCUT2D eigenvalue weighted by Gasteiger charge is -2.10. The van der Waals surface area contributed by atoms with Gasteiger partial charge in [0.15, 0.2) is 11.5 Å². The minimum absolute atomic E-state index is 0.00738. The van der Waals surface area contributed by atoms with Gasteiger partial charge in [-0.25, -0.2) is 0 Å². The van der Waals surface area contributed by atoms with E-state index in [0.717, 1.165) is 39.1 Å². The normalized spacial score (nSPS) is 14.0. The van der Waals surface area contributed by atoms with E-state index in [1.165, 1.54) is 0 Å². The van der Waals surface area contributed by atoms with E-state index in [4.69, 9.17) is 9.47 Å². The number of nitrogens with zero attached hydrogens (tertiary/aromatic N) is 2. The molecule has 1 aromatic carbocycles. The Morgan fingerprint density at radius 1 is 1.29 bits per heavy atom. The number of aryl methyl sites for hydroxylation is 2. The van der Waals surface area contributed by atoms with Crippen LogP contribution in [0, 0.1) is 6.92 Å². The number of benzene rings is 1. The number of ether oxygens (including phenoxy) is 2. The molecule has 0 unspecified atom stereocenters. The highest BCUT2D eigenvalue weighted by Gasteiger charge is 2.16. The molecular weight excluding hydrogens is 288 g/mol. The van der Waals surface area contributed by atoms with Gasteiger partial charge in [0, 0.05) is 23.9 Å². The molecule has 1 aliphatic heterocycles. The van der Waals surface area contributed by atoms with E-state index < -0.39 is 0 Å². The Morgan fingerprint density at radius 2 is 2.05 bits per heavy atom. The molecule has 5 nitrogen and oxygen atoms in total. The Balaban J connectivity index is 1.90. The highest BCUT2D eigenvalue weighted by atomic mass is 32.2. The number of fused-ring (bicyclic) bond motifs is 1. The molecule has 1 aliphatic rings. The number of rotatable bonds is 3. The second kappa shape index (κ2) is 5.99. The average molecular weight is 306 g/mol. The molecule has 2 heterocycles. The van der Waals surface area contributed by atoms with Crippen molar-refractivity contribution in [3.05, 3.63) is 29.5 Å². The van der Waals surface area contributed by atoms with Gasteiger partial charge in [0.1, 0.15) is 5.03 Å². The fourth-order valence-electron chi connectivity index (χ4n) is 2.31. The number of hydrogen-bond acceptors (Lipinski definition) is 5. The third kappa shape index (κ3) is 2.87. The molecule has 2 aromatic rings. The van der Waals surface area contributed by atoms with Crippen LogP contribution in [0.5, 0.6) is 11.5 Å². The van der Waals surface area contributed by atoms with E-state index in [2.05, 4.69) is 5.10 Å². The summed E-state index contributed by atoms with van der Waals surface area (Å²) in [6, 6.07) is 5.92. The Bertz CT molecular complexity index is 655. The van der Waals surface area contributed by atoms with E-state index in [9.17, 15) is 5.11 Å². The molecule has 0 saturated heterocycles. The first kappa shape index (κ1) is 14.3. The first-order valence-corrected chi connectivity index (χ1v) is 7.71. The molecule has 0 aliphatic carbocycles. The van der Waals surface area contributed by atoms with Crippen LogP contribution in [0.1, 0.15) is 17.7 Å². The molecule has 1 aromatic heterocycles. The molecule has 6 heteroatoms. The summed E-state index contributed by atoms with van der Waals surface area (Å²) in [6.45, 7) is 3.26. The number of hydrogen-bond donors (Lipinski definition) is 1. The van der Waals surface area contributed by atoms with Gasteiger partial charge in [-0.05, 0) is 25.1 Å². The minimum atomic E-state index is -0.00738. The monoisotopic (exact) mass is 306 g/mol. The predicted octanol–water partition coefficient (Wildman–Crippen LogP) is 2.53. The Hall–Kier alpha value is -1.66. The van der Waals surface area contributed by atoms with Gasteiger partial charge in [0.05, 0.1) is 25.5 Å². The van der Waals surface area contributed by atoms with E-state index >= 15 is 0 Å². The van der Waals surface area contributed by atoms with Gasteiger partial charge in [-0.15, -0.1) is 0 Å². The zero-order valence-corrected chi connectivity index (χ0v) is 12.9. The minimum Gasteiger partial charge on any atom is -0.490 e. The lowest BCUT2D eigenvalue weighted by atomic mass is 10.3. The molecule has 0 saturated carbocycles. The van der Waals surface area contributed by atoms with Crippen molar-refractivity contribution >= 4 is 11.8 Å². The van der Waals surface area contributed by atoms with Crippen LogP contribution in [0.25, 0.3) is 0 Å². The van der Waals surface area contributed by atoms with Crippen LogP contribution in [-0.4, -0.2) is 28.1 Å². The summed E-state index contributed by atoms with van der Waals surface area (Å²) >= 11 is 1.57. The van der Waals surface area contributed by atoms with Gasteiger partial charge in [-0.1, -0.05) is 11.8 Å². The van der Waals surface area contributed by atoms with Crippen molar-refractivity contribution in [2.45, 2.75) is 29.9 Å². The molecule has 0 radical (unpaired) electrons. The summed E-state index contributed by atoms with van der Waals surface area (Å²) in [5, 5.41) is 14.8. The molecule has 112 valence electrons. The molecule has 0 atom stereocenters. The molecule has 0 bridgehead atoms. The maximum absolute atomic E-state index is 9.51. The van der Waals surface area contributed by atoms with Crippen molar-refractivity contribution in [3.63, 3.8) is 0 Å². The van der Waals surface area contributed by atoms with E-state index in [0.29, 0.717) is 13.2 Å².